The molecule has 0 aliphatic heterocycles. The molecule has 0 aliphatic rings. The van der Waals surface area contributed by atoms with Gasteiger partial charge in [-0.1, -0.05) is 82.7 Å². The molecular weight excluding hydrogens is 584 g/mol. The zero-order chi connectivity index (χ0) is 29.1. The SMILES string of the molecule is Cc1ccc(C)n1-c1cccc(C(=O)NN=Cc2cc(-c3ccccc3)n(-c3ccc(Br)cc3)c2-c2ccccc2)c1. The fourth-order valence-corrected chi connectivity index (χ4v) is 5.55. The molecule has 206 valence electrons. The Bertz CT molecular complexity index is 1870. The molecule has 1 N–H and O–H groups in total. The highest BCUT2D eigenvalue weighted by Crippen LogP contribution is 2.35. The Kier molecular flexibility index (Phi) is 7.71. The molecule has 0 saturated carbocycles. The summed E-state index contributed by atoms with van der Waals surface area (Å²) in [5, 5.41) is 4.44. The first-order valence-corrected chi connectivity index (χ1v) is 14.5. The molecular formula is C36H29BrN4O. The van der Waals surface area contributed by atoms with Gasteiger partial charge in [-0.05, 0) is 85.6 Å². The number of carbonyl (C=O) groups excluding carboxylic acids is 1. The number of aryl methyl sites for hydroxylation is 2. The molecule has 0 radical (unpaired) electrons. The van der Waals surface area contributed by atoms with Gasteiger partial charge in [0.1, 0.15) is 0 Å². The molecule has 6 rings (SSSR count). The Labute approximate surface area is 253 Å². The molecule has 6 heteroatoms. The first kappa shape index (κ1) is 27.2. The monoisotopic (exact) mass is 612 g/mol. The molecule has 2 heterocycles. The fourth-order valence-electron chi connectivity index (χ4n) is 5.29. The highest BCUT2D eigenvalue weighted by molar-refractivity contribution is 9.10. The summed E-state index contributed by atoms with van der Waals surface area (Å²) in [6.45, 7) is 4.11. The minimum Gasteiger partial charge on any atom is -0.318 e. The predicted molar refractivity (Wildman–Crippen MR) is 175 cm³/mol. The number of hydrogen-bond donors (Lipinski definition) is 1. The van der Waals surface area contributed by atoms with E-state index in [9.17, 15) is 4.79 Å². The number of aromatic nitrogens is 2. The maximum atomic E-state index is 13.2. The van der Waals surface area contributed by atoms with Gasteiger partial charge in [-0.2, -0.15) is 5.10 Å². The van der Waals surface area contributed by atoms with Gasteiger partial charge < -0.3 is 9.13 Å². The molecule has 0 bridgehead atoms. The quantitative estimate of drug-likeness (QED) is 0.142. The highest BCUT2D eigenvalue weighted by Gasteiger charge is 2.19. The molecule has 6 aromatic rings. The van der Waals surface area contributed by atoms with Crippen molar-refractivity contribution in [3.05, 3.63) is 154 Å². The van der Waals surface area contributed by atoms with Crippen LogP contribution < -0.4 is 5.43 Å². The van der Waals surface area contributed by atoms with Crippen LogP contribution in [0.2, 0.25) is 0 Å². The van der Waals surface area contributed by atoms with Gasteiger partial charge in [0.05, 0.1) is 17.6 Å². The van der Waals surface area contributed by atoms with Gasteiger partial charge in [0, 0.05) is 38.4 Å². The second-order valence-corrected chi connectivity index (χ2v) is 11.0. The first-order chi connectivity index (χ1) is 20.5. The summed E-state index contributed by atoms with van der Waals surface area (Å²) >= 11 is 3.57. The zero-order valence-electron chi connectivity index (χ0n) is 23.3. The normalized spacial score (nSPS) is 11.2. The topological polar surface area (TPSA) is 51.3 Å². The number of nitrogens with zero attached hydrogens (tertiary/aromatic N) is 3. The Balaban J connectivity index is 1.39. The average molecular weight is 614 g/mol. The van der Waals surface area contributed by atoms with E-state index in [-0.39, 0.29) is 5.91 Å². The average Bonchev–Trinajstić information content (AvgIpc) is 3.57. The van der Waals surface area contributed by atoms with Crippen LogP contribution >= 0.6 is 15.9 Å². The molecule has 5 nitrogen and oxygen atoms in total. The number of benzene rings is 4. The van der Waals surface area contributed by atoms with Crippen molar-refractivity contribution >= 4 is 28.1 Å². The summed E-state index contributed by atoms with van der Waals surface area (Å²) in [5.74, 6) is -0.271. The Morgan fingerprint density at radius 2 is 1.33 bits per heavy atom. The van der Waals surface area contributed by atoms with Crippen molar-refractivity contribution in [1.82, 2.24) is 14.6 Å². The van der Waals surface area contributed by atoms with Crippen LogP contribution in [0, 0.1) is 13.8 Å². The lowest BCUT2D eigenvalue weighted by Gasteiger charge is -2.15. The summed E-state index contributed by atoms with van der Waals surface area (Å²) in [7, 11) is 0. The molecule has 0 aliphatic carbocycles. The van der Waals surface area contributed by atoms with Crippen molar-refractivity contribution in [1.29, 1.82) is 0 Å². The van der Waals surface area contributed by atoms with Crippen LogP contribution in [0.15, 0.2) is 137 Å². The van der Waals surface area contributed by atoms with Crippen molar-refractivity contribution in [3.8, 4) is 33.9 Å². The summed E-state index contributed by atoms with van der Waals surface area (Å²) in [4.78, 5) is 13.2. The number of halogens is 1. The number of amides is 1. The summed E-state index contributed by atoms with van der Waals surface area (Å²) in [6, 6.07) is 42.6. The maximum Gasteiger partial charge on any atom is 0.271 e. The molecule has 0 spiro atoms. The summed E-state index contributed by atoms with van der Waals surface area (Å²) in [5.41, 5.74) is 12.5. The minimum absolute atomic E-state index is 0.271. The summed E-state index contributed by atoms with van der Waals surface area (Å²) in [6.07, 6.45) is 1.73. The Morgan fingerprint density at radius 1 is 0.690 bits per heavy atom. The van der Waals surface area contributed by atoms with E-state index >= 15 is 0 Å². The lowest BCUT2D eigenvalue weighted by Crippen LogP contribution is -2.18. The van der Waals surface area contributed by atoms with E-state index in [1.165, 1.54) is 0 Å². The zero-order valence-corrected chi connectivity index (χ0v) is 24.9. The van der Waals surface area contributed by atoms with Gasteiger partial charge in [0.15, 0.2) is 0 Å². The van der Waals surface area contributed by atoms with Crippen LogP contribution in [0.4, 0.5) is 0 Å². The highest BCUT2D eigenvalue weighted by atomic mass is 79.9. The molecule has 4 aromatic carbocycles. The molecule has 1 amide bonds. The van der Waals surface area contributed by atoms with Crippen LogP contribution in [-0.4, -0.2) is 21.3 Å². The van der Waals surface area contributed by atoms with Gasteiger partial charge >= 0.3 is 0 Å². The van der Waals surface area contributed by atoms with E-state index in [2.05, 4.69) is 104 Å². The van der Waals surface area contributed by atoms with Crippen LogP contribution in [-0.2, 0) is 0 Å². The third-order valence-corrected chi connectivity index (χ3v) is 7.77. The molecule has 0 unspecified atom stereocenters. The van der Waals surface area contributed by atoms with E-state index in [4.69, 9.17) is 0 Å². The third-order valence-electron chi connectivity index (χ3n) is 7.24. The van der Waals surface area contributed by atoms with Crippen molar-refractivity contribution in [2.75, 3.05) is 0 Å². The Morgan fingerprint density at radius 3 is 2.00 bits per heavy atom. The van der Waals surface area contributed by atoms with Crippen LogP contribution in [0.3, 0.4) is 0 Å². The lowest BCUT2D eigenvalue weighted by atomic mass is 10.1. The third kappa shape index (κ3) is 5.49. The van der Waals surface area contributed by atoms with Gasteiger partial charge in [-0.25, -0.2) is 5.43 Å². The molecule has 2 aromatic heterocycles. The van der Waals surface area contributed by atoms with Crippen molar-refractivity contribution in [3.63, 3.8) is 0 Å². The van der Waals surface area contributed by atoms with E-state index in [1.807, 2.05) is 66.7 Å². The predicted octanol–water partition coefficient (Wildman–Crippen LogP) is 8.75. The Hall–Kier alpha value is -4.94. The van der Waals surface area contributed by atoms with E-state index in [0.29, 0.717) is 5.56 Å². The maximum absolute atomic E-state index is 13.2. The number of nitrogens with one attached hydrogen (secondary N) is 1. The standard InChI is InChI=1S/C36H29BrN4O/c1-25-16-17-26(2)40(25)33-15-9-14-29(22-33)36(42)39-38-24-30-23-34(27-10-5-3-6-11-27)41(32-20-18-31(37)19-21-32)35(30)28-12-7-4-8-13-28/h3-24H,1-2H3,(H,39,42). The fraction of sp³-hybridized carbons (Fsp3) is 0.0556. The summed E-state index contributed by atoms with van der Waals surface area (Å²) < 4.78 is 5.38. The molecule has 0 saturated heterocycles. The van der Waals surface area contributed by atoms with Crippen LogP contribution in [0.1, 0.15) is 27.3 Å². The van der Waals surface area contributed by atoms with E-state index in [1.54, 1.807) is 12.3 Å². The van der Waals surface area contributed by atoms with Crippen LogP contribution in [0.5, 0.6) is 0 Å². The van der Waals surface area contributed by atoms with E-state index < -0.39 is 0 Å². The number of hydrogen-bond acceptors (Lipinski definition) is 2. The van der Waals surface area contributed by atoms with Gasteiger partial charge in [-0.15, -0.1) is 0 Å². The molecule has 0 fully saturated rings. The molecule has 42 heavy (non-hydrogen) atoms. The number of hydrazone groups is 1. The van der Waals surface area contributed by atoms with E-state index in [0.717, 1.165) is 55.3 Å². The van der Waals surface area contributed by atoms with Gasteiger partial charge in [0.25, 0.3) is 5.91 Å². The number of carbonyl (C=O) groups is 1. The lowest BCUT2D eigenvalue weighted by molar-refractivity contribution is 0.0955. The largest absolute Gasteiger partial charge is 0.318 e. The molecule has 0 atom stereocenters. The second kappa shape index (κ2) is 11.9. The van der Waals surface area contributed by atoms with Crippen LogP contribution in [0.25, 0.3) is 33.9 Å². The first-order valence-electron chi connectivity index (χ1n) is 13.7. The number of rotatable bonds is 7. The van der Waals surface area contributed by atoms with Crippen molar-refractivity contribution in [2.24, 2.45) is 5.10 Å². The second-order valence-electron chi connectivity index (χ2n) is 10.1. The van der Waals surface area contributed by atoms with Crippen molar-refractivity contribution < 1.29 is 4.79 Å². The smallest absolute Gasteiger partial charge is 0.271 e. The van der Waals surface area contributed by atoms with Gasteiger partial charge in [-0.3, -0.25) is 4.79 Å². The minimum atomic E-state index is -0.271. The van der Waals surface area contributed by atoms with Gasteiger partial charge in [0.2, 0.25) is 0 Å². The van der Waals surface area contributed by atoms with Crippen molar-refractivity contribution in [2.45, 2.75) is 13.8 Å².